The van der Waals surface area contributed by atoms with Crippen molar-refractivity contribution in [1.82, 2.24) is 4.98 Å². The predicted octanol–water partition coefficient (Wildman–Crippen LogP) is 1.48. The van der Waals surface area contributed by atoms with Gasteiger partial charge in [-0.1, -0.05) is 12.1 Å². The Morgan fingerprint density at radius 2 is 2.00 bits per heavy atom. The van der Waals surface area contributed by atoms with E-state index < -0.39 is 18.3 Å². The van der Waals surface area contributed by atoms with Gasteiger partial charge in [0.25, 0.3) is 0 Å². The fourth-order valence-electron chi connectivity index (χ4n) is 2.07. The summed E-state index contributed by atoms with van der Waals surface area (Å²) in [5.74, 6) is 0. The van der Waals surface area contributed by atoms with Crippen LogP contribution in [0.4, 0.5) is 0 Å². The van der Waals surface area contributed by atoms with Crippen molar-refractivity contribution >= 4 is 21.6 Å². The maximum absolute atomic E-state index is 9.90. The monoisotopic (exact) mass is 251 g/mol. The zero-order chi connectivity index (χ0) is 12.0. The summed E-state index contributed by atoms with van der Waals surface area (Å²) in [7, 11) is 0. The van der Waals surface area contributed by atoms with E-state index in [1.807, 2.05) is 24.3 Å². The van der Waals surface area contributed by atoms with Crippen molar-refractivity contribution in [3.05, 3.63) is 29.3 Å². The lowest BCUT2D eigenvalue weighted by atomic mass is 10.1. The maximum atomic E-state index is 9.90. The number of ether oxygens (including phenoxy) is 1. The number of hydrogen-bond acceptors (Lipinski definition) is 5. The topological polar surface area (TPSA) is 62.6 Å². The number of nitrogens with zero attached hydrogens (tertiary/aromatic N) is 1. The molecule has 3 rings (SSSR count). The van der Waals surface area contributed by atoms with Crippen LogP contribution in [-0.2, 0) is 4.74 Å². The normalized spacial score (nSPS) is 33.4. The van der Waals surface area contributed by atoms with Crippen LogP contribution >= 0.6 is 11.3 Å². The summed E-state index contributed by atoms with van der Waals surface area (Å²) in [5, 5.41) is 20.3. The van der Waals surface area contributed by atoms with Gasteiger partial charge >= 0.3 is 0 Å². The minimum absolute atomic E-state index is 0.359. The summed E-state index contributed by atoms with van der Waals surface area (Å²) >= 11 is 1.50. The van der Waals surface area contributed by atoms with Gasteiger partial charge in [-0.3, -0.25) is 0 Å². The van der Waals surface area contributed by atoms with Crippen molar-refractivity contribution in [2.45, 2.75) is 31.3 Å². The highest BCUT2D eigenvalue weighted by Gasteiger charge is 2.42. The van der Waals surface area contributed by atoms with Crippen LogP contribution < -0.4 is 0 Å². The summed E-state index contributed by atoms with van der Waals surface area (Å²) in [6.45, 7) is 1.75. The Balaban J connectivity index is 1.99. The van der Waals surface area contributed by atoms with Gasteiger partial charge in [0.2, 0.25) is 0 Å². The number of hydrogen-bond donors (Lipinski definition) is 2. The Labute approximate surface area is 102 Å². The second-order valence-corrected chi connectivity index (χ2v) is 5.33. The summed E-state index contributed by atoms with van der Waals surface area (Å²) < 4.78 is 6.61. The number of benzene rings is 1. The first-order chi connectivity index (χ1) is 8.16. The lowest BCUT2D eigenvalue weighted by molar-refractivity contribution is 0.0151. The van der Waals surface area contributed by atoms with E-state index in [4.69, 9.17) is 4.74 Å². The molecule has 1 aliphatic heterocycles. The van der Waals surface area contributed by atoms with Gasteiger partial charge in [-0.15, -0.1) is 11.3 Å². The minimum atomic E-state index is -0.898. The summed E-state index contributed by atoms with van der Waals surface area (Å²) in [6, 6.07) is 7.79. The Hall–Kier alpha value is -1.01. The third-order valence-electron chi connectivity index (χ3n) is 3.06. The van der Waals surface area contributed by atoms with Gasteiger partial charge < -0.3 is 14.9 Å². The van der Waals surface area contributed by atoms with Crippen LogP contribution in [0.25, 0.3) is 10.2 Å². The lowest BCUT2D eigenvalue weighted by Gasteiger charge is -2.11. The largest absolute Gasteiger partial charge is 0.388 e. The highest BCUT2D eigenvalue weighted by atomic mass is 32.1. The molecule has 0 radical (unpaired) electrons. The average molecular weight is 251 g/mol. The average Bonchev–Trinajstić information content (AvgIpc) is 2.86. The molecule has 0 aliphatic carbocycles. The van der Waals surface area contributed by atoms with Crippen molar-refractivity contribution in [2.75, 3.05) is 0 Å². The van der Waals surface area contributed by atoms with Crippen LogP contribution in [0.1, 0.15) is 18.0 Å². The van der Waals surface area contributed by atoms with E-state index >= 15 is 0 Å². The van der Waals surface area contributed by atoms with Crippen molar-refractivity contribution in [2.24, 2.45) is 0 Å². The third kappa shape index (κ3) is 1.75. The smallest absolute Gasteiger partial charge is 0.138 e. The molecule has 2 heterocycles. The molecule has 0 saturated carbocycles. The zero-order valence-corrected chi connectivity index (χ0v) is 10.1. The molecule has 17 heavy (non-hydrogen) atoms. The van der Waals surface area contributed by atoms with E-state index in [9.17, 15) is 10.2 Å². The van der Waals surface area contributed by atoms with Crippen LogP contribution in [0.2, 0.25) is 0 Å². The van der Waals surface area contributed by atoms with E-state index in [2.05, 4.69) is 4.98 Å². The van der Waals surface area contributed by atoms with Gasteiger partial charge in [0, 0.05) is 0 Å². The molecule has 90 valence electrons. The number of rotatable bonds is 1. The van der Waals surface area contributed by atoms with Crippen LogP contribution in [0.15, 0.2) is 24.3 Å². The van der Waals surface area contributed by atoms with Gasteiger partial charge in [-0.25, -0.2) is 4.98 Å². The fourth-order valence-corrected chi connectivity index (χ4v) is 3.11. The van der Waals surface area contributed by atoms with E-state index in [0.29, 0.717) is 0 Å². The molecule has 1 aromatic carbocycles. The van der Waals surface area contributed by atoms with Gasteiger partial charge in [0.15, 0.2) is 0 Å². The van der Waals surface area contributed by atoms with Crippen molar-refractivity contribution in [1.29, 1.82) is 0 Å². The molecule has 4 unspecified atom stereocenters. The second kappa shape index (κ2) is 4.03. The number of fused-ring (bicyclic) bond motifs is 1. The van der Waals surface area contributed by atoms with Crippen LogP contribution in [-0.4, -0.2) is 33.5 Å². The lowest BCUT2D eigenvalue weighted by Crippen LogP contribution is -2.28. The Kier molecular flexibility index (Phi) is 2.63. The molecule has 2 aromatic rings. The molecular weight excluding hydrogens is 238 g/mol. The first kappa shape index (κ1) is 11.1. The molecule has 1 aliphatic rings. The standard InChI is InChI=1S/C12H13NO3S/c1-6-9(14)10(15)11(16-6)12-13-7-4-2-3-5-8(7)17-12/h2-6,9-11,14-15H,1H3. The maximum Gasteiger partial charge on any atom is 0.138 e. The molecule has 0 spiro atoms. The molecule has 1 aromatic heterocycles. The second-order valence-electron chi connectivity index (χ2n) is 4.26. The molecule has 4 atom stereocenters. The molecule has 1 fully saturated rings. The van der Waals surface area contributed by atoms with E-state index in [-0.39, 0.29) is 6.10 Å². The summed E-state index contributed by atoms with van der Waals surface area (Å²) in [5.41, 5.74) is 0.900. The van der Waals surface area contributed by atoms with E-state index in [0.717, 1.165) is 15.2 Å². The van der Waals surface area contributed by atoms with Crippen molar-refractivity contribution in [3.8, 4) is 0 Å². The van der Waals surface area contributed by atoms with Crippen molar-refractivity contribution < 1.29 is 14.9 Å². The highest BCUT2D eigenvalue weighted by Crippen LogP contribution is 2.37. The zero-order valence-electron chi connectivity index (χ0n) is 9.28. The Morgan fingerprint density at radius 1 is 1.24 bits per heavy atom. The number of aromatic nitrogens is 1. The SMILES string of the molecule is CC1OC(c2nc3ccccc3s2)C(O)C1O. The van der Waals surface area contributed by atoms with Gasteiger partial charge in [0.1, 0.15) is 23.3 Å². The molecule has 2 N–H and O–H groups in total. The van der Waals surface area contributed by atoms with Gasteiger partial charge in [0.05, 0.1) is 16.3 Å². The molecular formula is C12H13NO3S. The summed E-state index contributed by atoms with van der Waals surface area (Å²) in [6.07, 6.45) is -2.61. The minimum Gasteiger partial charge on any atom is -0.388 e. The molecule has 4 nitrogen and oxygen atoms in total. The first-order valence-corrected chi connectivity index (χ1v) is 6.35. The van der Waals surface area contributed by atoms with E-state index in [1.54, 1.807) is 6.92 Å². The van der Waals surface area contributed by atoms with Crippen LogP contribution in [0.3, 0.4) is 0 Å². The number of para-hydroxylation sites is 1. The number of aliphatic hydroxyl groups excluding tert-OH is 2. The van der Waals surface area contributed by atoms with E-state index in [1.165, 1.54) is 11.3 Å². The number of thiazole rings is 1. The van der Waals surface area contributed by atoms with Crippen LogP contribution in [0.5, 0.6) is 0 Å². The summed E-state index contributed by atoms with van der Waals surface area (Å²) in [4.78, 5) is 4.44. The van der Waals surface area contributed by atoms with Gasteiger partial charge in [-0.05, 0) is 19.1 Å². The Bertz CT molecular complexity index is 508. The highest BCUT2D eigenvalue weighted by molar-refractivity contribution is 7.18. The molecule has 0 bridgehead atoms. The van der Waals surface area contributed by atoms with Gasteiger partial charge in [-0.2, -0.15) is 0 Å². The van der Waals surface area contributed by atoms with Crippen molar-refractivity contribution in [3.63, 3.8) is 0 Å². The fraction of sp³-hybridized carbons (Fsp3) is 0.417. The predicted molar refractivity (Wildman–Crippen MR) is 64.9 cm³/mol. The quantitative estimate of drug-likeness (QED) is 0.806. The molecule has 5 heteroatoms. The third-order valence-corrected chi connectivity index (χ3v) is 4.15. The first-order valence-electron chi connectivity index (χ1n) is 5.54. The molecule has 1 saturated heterocycles. The van der Waals surface area contributed by atoms with Crippen LogP contribution in [0, 0.1) is 0 Å². The number of aliphatic hydroxyl groups is 2. The molecule has 0 amide bonds. The Morgan fingerprint density at radius 3 is 2.65 bits per heavy atom.